The van der Waals surface area contributed by atoms with Crippen molar-refractivity contribution in [2.24, 2.45) is 5.41 Å². The first kappa shape index (κ1) is 12.0. The molecule has 1 rings (SSSR count). The van der Waals surface area contributed by atoms with Crippen LogP contribution in [-0.4, -0.2) is 17.9 Å². The van der Waals surface area contributed by atoms with Gasteiger partial charge in [-0.15, -0.1) is 0 Å². The fourth-order valence-corrected chi connectivity index (χ4v) is 1.32. The maximum atomic E-state index is 12.0. The minimum absolute atomic E-state index is 0.340. The maximum Gasteiger partial charge on any atom is 0.183 e. The summed E-state index contributed by atoms with van der Waals surface area (Å²) in [6.07, 6.45) is 1.36. The summed E-state index contributed by atoms with van der Waals surface area (Å²) < 4.78 is 0. The van der Waals surface area contributed by atoms with Crippen molar-refractivity contribution in [2.45, 2.75) is 6.92 Å². The number of benzene rings is 1. The Balaban J connectivity index is 3.17. The number of carbonyl (C=O) groups is 3. The van der Waals surface area contributed by atoms with Gasteiger partial charge in [0.25, 0.3) is 0 Å². The van der Waals surface area contributed by atoms with Crippen LogP contribution in [0.25, 0.3) is 0 Å². The van der Waals surface area contributed by atoms with Crippen molar-refractivity contribution < 1.29 is 14.4 Å². The zero-order chi connectivity index (χ0) is 12.2. The van der Waals surface area contributed by atoms with Crippen molar-refractivity contribution >= 4 is 17.9 Å². The second kappa shape index (κ2) is 4.66. The van der Waals surface area contributed by atoms with E-state index in [0.717, 1.165) is 6.08 Å². The number of allylic oxidation sites excluding steroid dienone is 1. The number of aldehydes is 1. The highest BCUT2D eigenvalue weighted by atomic mass is 16.2. The predicted molar refractivity (Wildman–Crippen MR) is 60.1 cm³/mol. The number of ketones is 2. The molecule has 0 aliphatic heterocycles. The molecule has 3 heteroatoms. The topological polar surface area (TPSA) is 51.2 Å². The van der Waals surface area contributed by atoms with Crippen LogP contribution in [0, 0.1) is 5.41 Å². The Hall–Kier alpha value is -2.03. The first-order valence-corrected chi connectivity index (χ1v) is 4.79. The van der Waals surface area contributed by atoms with Crippen LogP contribution in [0.15, 0.2) is 43.0 Å². The molecule has 0 aliphatic carbocycles. The van der Waals surface area contributed by atoms with Crippen molar-refractivity contribution in [1.82, 2.24) is 0 Å². The van der Waals surface area contributed by atoms with Crippen molar-refractivity contribution in [1.29, 1.82) is 0 Å². The molecule has 0 radical (unpaired) electrons. The van der Waals surface area contributed by atoms with E-state index in [2.05, 4.69) is 6.58 Å². The molecule has 0 saturated heterocycles. The van der Waals surface area contributed by atoms with Gasteiger partial charge in [0.1, 0.15) is 11.7 Å². The second-order valence-corrected chi connectivity index (χ2v) is 3.58. The molecule has 1 aromatic rings. The predicted octanol–water partition coefficient (Wildman–Crippen LogP) is 1.83. The summed E-state index contributed by atoms with van der Waals surface area (Å²) in [5, 5.41) is 0. The van der Waals surface area contributed by atoms with Gasteiger partial charge in [-0.25, -0.2) is 0 Å². The molecule has 1 atom stereocenters. The molecule has 0 spiro atoms. The van der Waals surface area contributed by atoms with Gasteiger partial charge in [0.15, 0.2) is 11.6 Å². The van der Waals surface area contributed by atoms with Gasteiger partial charge in [0.05, 0.1) is 0 Å². The highest BCUT2D eigenvalue weighted by molar-refractivity contribution is 6.26. The zero-order valence-corrected chi connectivity index (χ0v) is 8.97. The van der Waals surface area contributed by atoms with Crippen LogP contribution in [0.5, 0.6) is 0 Å². The Bertz CT molecular complexity index is 434. The van der Waals surface area contributed by atoms with Crippen LogP contribution < -0.4 is 0 Å². The third kappa shape index (κ3) is 1.98. The van der Waals surface area contributed by atoms with Crippen LogP contribution >= 0.6 is 0 Å². The first-order chi connectivity index (χ1) is 7.56. The van der Waals surface area contributed by atoms with Gasteiger partial charge in [-0.3, -0.25) is 9.59 Å². The number of hydrogen-bond donors (Lipinski definition) is 0. The summed E-state index contributed by atoms with van der Waals surface area (Å²) in [7, 11) is 0. The van der Waals surface area contributed by atoms with Crippen molar-refractivity contribution in [3.63, 3.8) is 0 Å². The molecular formula is C13H12O3. The standard InChI is InChI=1S/C13H12O3/c1-3-11(15)13(2,9-14)12(16)10-7-5-4-6-8-10/h3-9H,1H2,2H3. The quantitative estimate of drug-likeness (QED) is 0.326. The summed E-state index contributed by atoms with van der Waals surface area (Å²) in [4.78, 5) is 34.5. The van der Waals surface area contributed by atoms with E-state index in [1.807, 2.05) is 0 Å². The number of rotatable bonds is 5. The summed E-state index contributed by atoms with van der Waals surface area (Å²) >= 11 is 0. The molecular weight excluding hydrogens is 204 g/mol. The van der Waals surface area contributed by atoms with Gasteiger partial charge in [-0.1, -0.05) is 36.9 Å². The van der Waals surface area contributed by atoms with Crippen LogP contribution in [0.1, 0.15) is 17.3 Å². The van der Waals surface area contributed by atoms with Crippen molar-refractivity contribution in [3.8, 4) is 0 Å². The Morgan fingerprint density at radius 3 is 2.25 bits per heavy atom. The molecule has 0 heterocycles. The van der Waals surface area contributed by atoms with E-state index in [4.69, 9.17) is 0 Å². The summed E-state index contributed by atoms with van der Waals surface area (Å²) in [6, 6.07) is 8.25. The van der Waals surface area contributed by atoms with Crippen molar-refractivity contribution in [3.05, 3.63) is 48.6 Å². The Morgan fingerprint density at radius 1 is 1.25 bits per heavy atom. The fourth-order valence-electron chi connectivity index (χ4n) is 1.32. The van der Waals surface area contributed by atoms with Crippen LogP contribution in [0.3, 0.4) is 0 Å². The van der Waals surface area contributed by atoms with E-state index >= 15 is 0 Å². The van der Waals surface area contributed by atoms with Gasteiger partial charge in [-0.2, -0.15) is 0 Å². The largest absolute Gasteiger partial charge is 0.302 e. The van der Waals surface area contributed by atoms with E-state index in [1.165, 1.54) is 6.92 Å². The van der Waals surface area contributed by atoms with E-state index < -0.39 is 17.0 Å². The molecule has 0 aromatic heterocycles. The molecule has 0 fully saturated rings. The summed E-state index contributed by atoms with van der Waals surface area (Å²) in [5.74, 6) is -1.09. The summed E-state index contributed by atoms with van der Waals surface area (Å²) in [6.45, 7) is 4.59. The molecule has 16 heavy (non-hydrogen) atoms. The van der Waals surface area contributed by atoms with Gasteiger partial charge in [0, 0.05) is 5.56 Å². The Morgan fingerprint density at radius 2 is 1.81 bits per heavy atom. The molecule has 82 valence electrons. The van der Waals surface area contributed by atoms with Gasteiger partial charge in [-0.05, 0) is 13.0 Å². The summed E-state index contributed by atoms with van der Waals surface area (Å²) in [5.41, 5.74) is -1.32. The van der Waals surface area contributed by atoms with Crippen LogP contribution in [-0.2, 0) is 9.59 Å². The maximum absolute atomic E-state index is 12.0. The van der Waals surface area contributed by atoms with Gasteiger partial charge in [0.2, 0.25) is 0 Å². The Labute approximate surface area is 93.8 Å². The third-order valence-corrected chi connectivity index (χ3v) is 2.44. The molecule has 0 bridgehead atoms. The lowest BCUT2D eigenvalue weighted by Crippen LogP contribution is -2.37. The lowest BCUT2D eigenvalue weighted by molar-refractivity contribution is -0.127. The monoisotopic (exact) mass is 216 g/mol. The van der Waals surface area contributed by atoms with Crippen LogP contribution in [0.2, 0.25) is 0 Å². The lowest BCUT2D eigenvalue weighted by Gasteiger charge is -2.17. The minimum Gasteiger partial charge on any atom is -0.302 e. The van der Waals surface area contributed by atoms with E-state index in [0.29, 0.717) is 11.8 Å². The van der Waals surface area contributed by atoms with Crippen molar-refractivity contribution in [2.75, 3.05) is 0 Å². The third-order valence-electron chi connectivity index (χ3n) is 2.44. The average molecular weight is 216 g/mol. The molecule has 1 unspecified atom stereocenters. The first-order valence-electron chi connectivity index (χ1n) is 4.79. The number of hydrogen-bond acceptors (Lipinski definition) is 3. The average Bonchev–Trinajstić information content (AvgIpc) is 2.36. The molecule has 0 amide bonds. The SMILES string of the molecule is C=CC(=O)C(C)(C=O)C(=O)c1ccccc1. The van der Waals surface area contributed by atoms with E-state index in [-0.39, 0.29) is 0 Å². The van der Waals surface area contributed by atoms with E-state index in [1.54, 1.807) is 30.3 Å². The number of carbonyl (C=O) groups excluding carboxylic acids is 3. The van der Waals surface area contributed by atoms with Gasteiger partial charge >= 0.3 is 0 Å². The number of Topliss-reactive ketones (excluding diaryl/α,β-unsaturated/α-hetero) is 1. The highest BCUT2D eigenvalue weighted by Crippen LogP contribution is 2.21. The second-order valence-electron chi connectivity index (χ2n) is 3.58. The smallest absolute Gasteiger partial charge is 0.183 e. The molecule has 3 nitrogen and oxygen atoms in total. The zero-order valence-electron chi connectivity index (χ0n) is 8.97. The van der Waals surface area contributed by atoms with Gasteiger partial charge < -0.3 is 4.79 Å². The van der Waals surface area contributed by atoms with E-state index in [9.17, 15) is 14.4 Å². The molecule has 1 aromatic carbocycles. The fraction of sp³-hybridized carbons (Fsp3) is 0.154. The minimum atomic E-state index is -1.66. The molecule has 0 saturated carbocycles. The van der Waals surface area contributed by atoms with Crippen LogP contribution in [0.4, 0.5) is 0 Å². The normalized spacial score (nSPS) is 13.6. The molecule has 0 N–H and O–H groups in total. The molecule has 0 aliphatic rings. The highest BCUT2D eigenvalue weighted by Gasteiger charge is 2.39. The Kier molecular flexibility index (Phi) is 3.51. The lowest BCUT2D eigenvalue weighted by atomic mass is 9.80.